The molecule has 3 aromatic rings. The number of rotatable bonds is 5. The minimum Gasteiger partial charge on any atom is -0.870 e. The number of nitrogens with zero attached hydrogens (tertiary/aromatic N) is 8. The molecule has 18 nitrogen and oxygen atoms in total. The zero-order chi connectivity index (χ0) is 29.5. The van der Waals surface area contributed by atoms with Gasteiger partial charge < -0.3 is 37.3 Å². The van der Waals surface area contributed by atoms with E-state index in [2.05, 4.69) is 50.6 Å². The molecule has 0 aromatic carbocycles. The number of nitriles is 2. The first-order valence-corrected chi connectivity index (χ1v) is 11.2. The average Bonchev–Trinajstić information content (AvgIpc) is 2.91. The summed E-state index contributed by atoms with van der Waals surface area (Å²) in [7, 11) is 0. The number of anilines is 3. The monoisotopic (exact) mass is 625 g/mol. The summed E-state index contributed by atoms with van der Waals surface area (Å²) in [5.41, 5.74) is 15.5. The van der Waals surface area contributed by atoms with Crippen LogP contribution in [-0.4, -0.2) is 71.6 Å². The Labute approximate surface area is 252 Å². The van der Waals surface area contributed by atoms with Gasteiger partial charge in [0.05, 0.1) is 17.7 Å². The fraction of sp³-hybridized carbons (Fsp3) is 0.190. The summed E-state index contributed by atoms with van der Waals surface area (Å²) >= 11 is 3.10. The largest absolute Gasteiger partial charge is 1.00 e. The zero-order valence-electron chi connectivity index (χ0n) is 21.8. The Bertz CT molecular complexity index is 1450. The standard InChI is InChI=1S/C8H8N4O2.C7H8BrN3O2.C6H4N4O2.Li.H2O/c1-2-14-8(13)6-5(3-9)7(10)12-4-11-6;1-2-13-7(12)5-4(8)6(9)11-3-10-5;7-1-3-4(6(11)12)9-2-10-5(3)8;;/h4H,2H2,1H3,(H2,10,11,12);3H,2H2,1H3,(H2,9,10,11);2H,(H,11,12)(H2,8,9,10);;1H2/q;;;+1;/p-1. The van der Waals surface area contributed by atoms with Crippen LogP contribution in [0.4, 0.5) is 17.5 Å². The van der Waals surface area contributed by atoms with Crippen molar-refractivity contribution in [3.63, 3.8) is 0 Å². The third kappa shape index (κ3) is 11.0. The number of hydrogen-bond acceptors (Lipinski definition) is 17. The summed E-state index contributed by atoms with van der Waals surface area (Å²) in [4.78, 5) is 54.5. The number of aromatic carboxylic acids is 1. The van der Waals surface area contributed by atoms with Crippen molar-refractivity contribution in [1.82, 2.24) is 29.9 Å². The van der Waals surface area contributed by atoms with Crippen LogP contribution in [0.5, 0.6) is 0 Å². The molecule has 0 saturated heterocycles. The first kappa shape index (κ1) is 38.2. The number of halogens is 1. The molecule has 20 heteroatoms. The number of nitrogens with two attached hydrogens (primary N) is 3. The van der Waals surface area contributed by atoms with Crippen LogP contribution in [0.15, 0.2) is 23.5 Å². The number of nitrogen functional groups attached to an aromatic ring is 3. The second-order valence-electron chi connectivity index (χ2n) is 6.36. The van der Waals surface area contributed by atoms with Crippen molar-refractivity contribution >= 4 is 51.3 Å². The van der Waals surface area contributed by atoms with Crippen LogP contribution in [0.3, 0.4) is 0 Å². The molecule has 0 aliphatic heterocycles. The van der Waals surface area contributed by atoms with Crippen molar-refractivity contribution in [3.05, 3.63) is 51.7 Å². The molecule has 0 amide bonds. The Balaban J connectivity index is 0. The van der Waals surface area contributed by atoms with Gasteiger partial charge in [-0.15, -0.1) is 0 Å². The Morgan fingerprint density at radius 2 is 1.15 bits per heavy atom. The van der Waals surface area contributed by atoms with Gasteiger partial charge >= 0.3 is 36.8 Å². The van der Waals surface area contributed by atoms with Gasteiger partial charge in [-0.2, -0.15) is 10.5 Å². The molecule has 0 unspecified atom stereocenters. The minimum absolute atomic E-state index is 0. The van der Waals surface area contributed by atoms with Crippen LogP contribution in [0.1, 0.15) is 56.4 Å². The maximum Gasteiger partial charge on any atom is 1.00 e. The molecular weight excluding hydrogens is 605 g/mol. The third-order valence-electron chi connectivity index (χ3n) is 3.93. The molecule has 0 aliphatic rings. The van der Waals surface area contributed by atoms with E-state index < -0.39 is 17.9 Å². The van der Waals surface area contributed by atoms with Gasteiger partial charge in [-0.3, -0.25) is 0 Å². The Kier molecular flexibility index (Phi) is 17.9. The van der Waals surface area contributed by atoms with E-state index in [9.17, 15) is 14.4 Å². The molecule has 0 saturated carbocycles. The van der Waals surface area contributed by atoms with Crippen molar-refractivity contribution in [2.45, 2.75) is 13.8 Å². The maximum absolute atomic E-state index is 11.3. The molecule has 0 atom stereocenters. The molecule has 3 heterocycles. The summed E-state index contributed by atoms with van der Waals surface area (Å²) in [5.74, 6) is -2.39. The molecule has 3 aromatic heterocycles. The van der Waals surface area contributed by atoms with Crippen LogP contribution in [-0.2, 0) is 9.47 Å². The third-order valence-corrected chi connectivity index (χ3v) is 4.72. The predicted molar refractivity (Wildman–Crippen MR) is 137 cm³/mol. The SMILES string of the molecule is CCOC(=O)c1ncnc(N)c1Br.CCOC(=O)c1ncnc(N)c1C#N.N#Cc1c(N)ncnc1C(=O)O.[Li+].[OH-]. The molecule has 0 radical (unpaired) electrons. The van der Waals surface area contributed by atoms with Crippen molar-refractivity contribution in [3.8, 4) is 12.1 Å². The Morgan fingerprint density at radius 1 is 0.780 bits per heavy atom. The van der Waals surface area contributed by atoms with Crippen LogP contribution in [0.25, 0.3) is 0 Å². The fourth-order valence-electron chi connectivity index (χ4n) is 2.26. The van der Waals surface area contributed by atoms with Crippen molar-refractivity contribution in [1.29, 1.82) is 10.5 Å². The number of carboxylic acids is 1. The van der Waals surface area contributed by atoms with Crippen LogP contribution < -0.4 is 36.1 Å². The van der Waals surface area contributed by atoms with Crippen LogP contribution in [0.2, 0.25) is 0 Å². The number of aromatic nitrogens is 6. The van der Waals surface area contributed by atoms with E-state index in [1.807, 2.05) is 0 Å². The van der Waals surface area contributed by atoms with E-state index in [0.29, 0.717) is 11.1 Å². The zero-order valence-corrected chi connectivity index (χ0v) is 23.4. The number of ether oxygens (including phenoxy) is 2. The van der Waals surface area contributed by atoms with E-state index in [1.54, 1.807) is 26.0 Å². The molecular formula is C21H21BrLiN11O7. The Morgan fingerprint density at radius 3 is 1.54 bits per heavy atom. The van der Waals surface area contributed by atoms with Gasteiger partial charge in [0.15, 0.2) is 17.1 Å². The van der Waals surface area contributed by atoms with Crippen LogP contribution >= 0.6 is 15.9 Å². The summed E-state index contributed by atoms with van der Waals surface area (Å²) in [6, 6.07) is 3.37. The molecule has 0 spiro atoms. The Hall–Kier alpha value is -4.93. The maximum atomic E-state index is 11.3. The quantitative estimate of drug-likeness (QED) is 0.169. The van der Waals surface area contributed by atoms with E-state index in [4.69, 9.17) is 37.6 Å². The predicted octanol–water partition coefficient (Wildman–Crippen LogP) is -2.44. The summed E-state index contributed by atoms with van der Waals surface area (Å²) in [6.07, 6.45) is 3.33. The smallest absolute Gasteiger partial charge is 0.870 e. The summed E-state index contributed by atoms with van der Waals surface area (Å²) < 4.78 is 9.81. The summed E-state index contributed by atoms with van der Waals surface area (Å²) in [6.45, 7) is 3.90. The molecule has 0 fully saturated rings. The first-order chi connectivity index (χ1) is 18.5. The number of hydrogen-bond donors (Lipinski definition) is 4. The van der Waals surface area contributed by atoms with Crippen molar-refractivity contribution in [2.24, 2.45) is 0 Å². The fourth-order valence-corrected chi connectivity index (χ4v) is 2.63. The van der Waals surface area contributed by atoms with Gasteiger partial charge in [-0.05, 0) is 29.8 Å². The van der Waals surface area contributed by atoms with E-state index in [0.717, 1.165) is 12.7 Å². The number of carbonyl (C=O) groups excluding carboxylic acids is 2. The molecule has 41 heavy (non-hydrogen) atoms. The van der Waals surface area contributed by atoms with Gasteiger partial charge in [-0.25, -0.2) is 44.3 Å². The molecule has 0 aliphatic carbocycles. The van der Waals surface area contributed by atoms with E-state index in [1.165, 1.54) is 6.33 Å². The van der Waals surface area contributed by atoms with Gasteiger partial charge in [0, 0.05) is 0 Å². The topological polar surface area (TPSA) is 323 Å². The number of carboxylic acid groups (broad SMARTS) is 1. The van der Waals surface area contributed by atoms with Gasteiger partial charge in [0.25, 0.3) is 0 Å². The number of carbonyl (C=O) groups is 3. The molecule has 0 bridgehead atoms. The summed E-state index contributed by atoms with van der Waals surface area (Å²) in [5, 5.41) is 25.7. The van der Waals surface area contributed by atoms with E-state index >= 15 is 0 Å². The van der Waals surface area contributed by atoms with Gasteiger partial charge in [0.2, 0.25) is 0 Å². The van der Waals surface area contributed by atoms with Gasteiger partial charge in [-0.1, -0.05) is 0 Å². The first-order valence-electron chi connectivity index (χ1n) is 10.4. The average molecular weight is 626 g/mol. The van der Waals surface area contributed by atoms with Gasteiger partial charge in [0.1, 0.15) is 59.7 Å². The van der Waals surface area contributed by atoms with Crippen molar-refractivity contribution in [2.75, 3.05) is 30.4 Å². The second kappa shape index (κ2) is 19.2. The second-order valence-corrected chi connectivity index (χ2v) is 7.15. The normalized spacial score (nSPS) is 8.80. The molecule has 210 valence electrons. The molecule has 3 rings (SSSR count). The number of esters is 2. The van der Waals surface area contributed by atoms with Crippen LogP contribution in [0, 0.1) is 22.7 Å². The molecule has 8 N–H and O–H groups in total. The minimum atomic E-state index is -1.29. The van der Waals surface area contributed by atoms with E-state index in [-0.39, 0.29) is 76.6 Å². The van der Waals surface area contributed by atoms with Crippen molar-refractivity contribution < 1.29 is 53.3 Å².